The van der Waals surface area contributed by atoms with E-state index in [1.54, 1.807) is 17.3 Å². The van der Waals surface area contributed by atoms with Gasteiger partial charge < -0.3 is 23.3 Å². The second kappa shape index (κ2) is 10.7. The van der Waals surface area contributed by atoms with Crippen molar-refractivity contribution in [1.29, 1.82) is 0 Å². The van der Waals surface area contributed by atoms with E-state index in [4.69, 9.17) is 18.4 Å². The Morgan fingerprint density at radius 3 is 2.60 bits per heavy atom. The highest BCUT2D eigenvalue weighted by Crippen LogP contribution is 2.36. The van der Waals surface area contributed by atoms with E-state index < -0.39 is 13.9 Å². The molecule has 0 aliphatic carbocycles. The van der Waals surface area contributed by atoms with Gasteiger partial charge in [0.2, 0.25) is 0 Å². The van der Waals surface area contributed by atoms with Crippen LogP contribution >= 0.6 is 0 Å². The van der Waals surface area contributed by atoms with Gasteiger partial charge in [-0.2, -0.15) is 0 Å². The number of pyridine rings is 1. The van der Waals surface area contributed by atoms with Crippen molar-refractivity contribution in [3.05, 3.63) is 30.2 Å². The van der Waals surface area contributed by atoms with Crippen LogP contribution in [0.15, 0.2) is 29.0 Å². The maximum Gasteiger partial charge on any atom is 0.410 e. The van der Waals surface area contributed by atoms with Gasteiger partial charge in [0.1, 0.15) is 18.0 Å². The molecular formula is C26H41N3O5Si. The molecule has 0 bridgehead atoms. The largest absolute Gasteiger partial charge is 0.490 e. The highest BCUT2D eigenvalue weighted by molar-refractivity contribution is 6.74. The first-order chi connectivity index (χ1) is 16.2. The zero-order chi connectivity index (χ0) is 25.9. The number of carbonyl (C=O) groups is 1. The summed E-state index contributed by atoms with van der Waals surface area (Å²) in [6.45, 7) is 18.5. The fraction of sp³-hybridized carbons (Fsp3) is 0.654. The first-order valence-electron chi connectivity index (χ1n) is 12.4. The summed E-state index contributed by atoms with van der Waals surface area (Å²) in [6.07, 6.45) is 5.62. The van der Waals surface area contributed by atoms with Gasteiger partial charge in [-0.15, -0.1) is 0 Å². The molecule has 2 aromatic rings. The summed E-state index contributed by atoms with van der Waals surface area (Å²) < 4.78 is 23.4. The first-order valence-corrected chi connectivity index (χ1v) is 15.3. The molecule has 1 saturated heterocycles. The van der Waals surface area contributed by atoms with E-state index in [1.807, 2.05) is 32.9 Å². The Kier molecular flexibility index (Phi) is 8.31. The van der Waals surface area contributed by atoms with Crippen molar-refractivity contribution in [3.8, 4) is 17.1 Å². The monoisotopic (exact) mass is 503 g/mol. The summed E-state index contributed by atoms with van der Waals surface area (Å²) in [7, 11) is -1.79. The Morgan fingerprint density at radius 2 is 1.91 bits per heavy atom. The van der Waals surface area contributed by atoms with E-state index in [0.29, 0.717) is 37.7 Å². The predicted octanol–water partition coefficient (Wildman–Crippen LogP) is 6.08. The zero-order valence-corrected chi connectivity index (χ0v) is 23.5. The van der Waals surface area contributed by atoms with Crippen molar-refractivity contribution in [3.63, 3.8) is 0 Å². The van der Waals surface area contributed by atoms with Gasteiger partial charge in [-0.1, -0.05) is 25.9 Å². The van der Waals surface area contributed by atoms with Gasteiger partial charge in [-0.3, -0.25) is 4.98 Å². The molecule has 1 fully saturated rings. The van der Waals surface area contributed by atoms with Gasteiger partial charge >= 0.3 is 6.09 Å². The molecule has 0 unspecified atom stereocenters. The van der Waals surface area contributed by atoms with E-state index in [2.05, 4.69) is 44.0 Å². The van der Waals surface area contributed by atoms with Gasteiger partial charge in [0.25, 0.3) is 0 Å². The molecule has 0 radical (unpaired) electrons. The third kappa shape index (κ3) is 7.54. The SMILES string of the molecule is CC(C)(C)OC(=O)N1CCC[C@H]1COc1cncc(-c2cc(CCO[Si](C)(C)C(C)(C)C)no2)c1. The third-order valence-corrected chi connectivity index (χ3v) is 11.2. The van der Waals surface area contributed by atoms with Gasteiger partial charge in [0.05, 0.1) is 17.9 Å². The number of aromatic nitrogens is 2. The van der Waals surface area contributed by atoms with Crippen molar-refractivity contribution >= 4 is 14.4 Å². The second-order valence-electron chi connectivity index (χ2n) is 11.7. The molecule has 1 atom stereocenters. The van der Waals surface area contributed by atoms with Gasteiger partial charge in [0.15, 0.2) is 14.1 Å². The van der Waals surface area contributed by atoms with Crippen LogP contribution in [0.1, 0.15) is 60.1 Å². The molecule has 1 amide bonds. The molecule has 9 heteroatoms. The van der Waals surface area contributed by atoms with Crippen LogP contribution in [0.4, 0.5) is 4.79 Å². The van der Waals surface area contributed by atoms with E-state index in [0.717, 1.165) is 24.1 Å². The van der Waals surface area contributed by atoms with Crippen LogP contribution in [0.3, 0.4) is 0 Å². The maximum absolute atomic E-state index is 12.5. The Labute approximate surface area is 210 Å². The highest BCUT2D eigenvalue weighted by atomic mass is 28.4. The zero-order valence-electron chi connectivity index (χ0n) is 22.5. The average molecular weight is 504 g/mol. The molecule has 1 aliphatic rings. The van der Waals surface area contributed by atoms with E-state index in [-0.39, 0.29) is 17.2 Å². The molecular weight excluding hydrogens is 462 g/mol. The quantitative estimate of drug-likeness (QED) is 0.403. The molecule has 0 N–H and O–H groups in total. The van der Waals surface area contributed by atoms with Crippen LogP contribution in [-0.4, -0.2) is 60.9 Å². The van der Waals surface area contributed by atoms with E-state index >= 15 is 0 Å². The minimum absolute atomic E-state index is 0.0220. The van der Waals surface area contributed by atoms with Crippen LogP contribution in [0.5, 0.6) is 5.75 Å². The van der Waals surface area contributed by atoms with Crippen molar-refractivity contribution in [1.82, 2.24) is 15.0 Å². The van der Waals surface area contributed by atoms with Crippen LogP contribution < -0.4 is 4.74 Å². The third-order valence-electron chi connectivity index (χ3n) is 6.63. The minimum atomic E-state index is -1.79. The molecule has 0 aromatic carbocycles. The summed E-state index contributed by atoms with van der Waals surface area (Å²) in [6, 6.07) is 3.79. The molecule has 35 heavy (non-hydrogen) atoms. The summed E-state index contributed by atoms with van der Waals surface area (Å²) in [4.78, 5) is 18.6. The van der Waals surface area contributed by atoms with Crippen molar-refractivity contribution < 1.29 is 23.2 Å². The van der Waals surface area contributed by atoms with Crippen molar-refractivity contribution in [2.24, 2.45) is 0 Å². The number of carbonyl (C=O) groups excluding carboxylic acids is 1. The summed E-state index contributed by atoms with van der Waals surface area (Å²) in [5.41, 5.74) is 1.13. The second-order valence-corrected chi connectivity index (χ2v) is 16.5. The van der Waals surface area contributed by atoms with Crippen LogP contribution in [0.2, 0.25) is 18.1 Å². The molecule has 0 saturated carbocycles. The lowest BCUT2D eigenvalue weighted by atomic mass is 10.2. The molecule has 1 aliphatic heterocycles. The smallest absolute Gasteiger partial charge is 0.410 e. The molecule has 194 valence electrons. The van der Waals surface area contributed by atoms with Crippen LogP contribution in [0.25, 0.3) is 11.3 Å². The average Bonchev–Trinajstić information content (AvgIpc) is 3.40. The Morgan fingerprint density at radius 1 is 1.17 bits per heavy atom. The predicted molar refractivity (Wildman–Crippen MR) is 138 cm³/mol. The lowest BCUT2D eigenvalue weighted by Gasteiger charge is -2.36. The standard InChI is InChI=1S/C26H41N3O5Si/c1-25(2,3)33-24(30)29-12-9-10-21(29)18-31-22-14-19(16-27-17-22)23-15-20(28-34-23)11-13-32-35(7,8)26(4,5)6/h14-17,21H,9-13,18H2,1-8H3/t21-/m0/s1. The van der Waals surface area contributed by atoms with Gasteiger partial charge in [-0.05, 0) is 57.8 Å². The van der Waals surface area contributed by atoms with Crippen LogP contribution in [0, 0.1) is 0 Å². The summed E-state index contributed by atoms with van der Waals surface area (Å²) in [5, 5.41) is 4.38. The summed E-state index contributed by atoms with van der Waals surface area (Å²) >= 11 is 0. The van der Waals surface area contributed by atoms with Gasteiger partial charge in [0, 0.05) is 37.4 Å². The van der Waals surface area contributed by atoms with E-state index in [1.165, 1.54) is 0 Å². The topological polar surface area (TPSA) is 86.9 Å². The Balaban J connectivity index is 1.56. The molecule has 8 nitrogen and oxygen atoms in total. The number of hydrogen-bond donors (Lipinski definition) is 0. The molecule has 3 rings (SSSR count). The molecule has 2 aromatic heterocycles. The minimum Gasteiger partial charge on any atom is -0.490 e. The Hall–Kier alpha value is -2.39. The number of likely N-dealkylation sites (tertiary alicyclic amines) is 1. The fourth-order valence-corrected chi connectivity index (χ4v) is 4.63. The Bertz CT molecular complexity index is 993. The number of nitrogens with zero attached hydrogens (tertiary/aromatic N) is 3. The number of ether oxygens (including phenoxy) is 2. The van der Waals surface area contributed by atoms with Crippen LogP contribution in [-0.2, 0) is 15.6 Å². The lowest BCUT2D eigenvalue weighted by molar-refractivity contribution is 0.0187. The maximum atomic E-state index is 12.5. The molecule has 0 spiro atoms. The summed E-state index contributed by atoms with van der Waals surface area (Å²) in [5.74, 6) is 1.26. The first kappa shape index (κ1) is 27.2. The number of amides is 1. The number of rotatable bonds is 8. The van der Waals surface area contributed by atoms with Gasteiger partial charge in [-0.25, -0.2) is 4.79 Å². The molecule has 3 heterocycles. The normalized spacial score (nSPS) is 17.0. The van der Waals surface area contributed by atoms with Crippen molar-refractivity contribution in [2.45, 2.75) is 90.6 Å². The van der Waals surface area contributed by atoms with E-state index in [9.17, 15) is 4.79 Å². The van der Waals surface area contributed by atoms with Crippen molar-refractivity contribution in [2.75, 3.05) is 19.8 Å². The fourth-order valence-electron chi connectivity index (χ4n) is 3.59. The lowest BCUT2D eigenvalue weighted by Crippen LogP contribution is -2.42. The number of hydrogen-bond acceptors (Lipinski definition) is 7. The highest BCUT2D eigenvalue weighted by Gasteiger charge is 2.37.